The third-order valence-electron chi connectivity index (χ3n) is 3.19. The molecule has 0 saturated carbocycles. The molecule has 0 saturated heterocycles. The molecular weight excluding hydrogens is 330 g/mol. The van der Waals surface area contributed by atoms with Gasteiger partial charge in [-0.1, -0.05) is 29.8 Å². The number of nitrogens with one attached hydrogen (secondary N) is 1. The lowest BCUT2D eigenvalue weighted by atomic mass is 9.97. The summed E-state index contributed by atoms with van der Waals surface area (Å²) in [5.74, 6) is -1.66. The van der Waals surface area contributed by atoms with Crippen LogP contribution in [-0.4, -0.2) is 31.5 Å². The van der Waals surface area contributed by atoms with Gasteiger partial charge in [-0.3, -0.25) is 9.59 Å². The normalized spacial score (nSPS) is 16.5. The van der Waals surface area contributed by atoms with E-state index >= 15 is 0 Å². The molecule has 1 aliphatic rings. The molecular formula is C14H14ClNO5S. The molecule has 0 bridgehead atoms. The fourth-order valence-electron chi connectivity index (χ4n) is 2.36. The number of sulfonamides is 1. The molecule has 2 N–H and O–H groups in total. The van der Waals surface area contributed by atoms with E-state index in [1.165, 1.54) is 0 Å². The molecule has 0 radical (unpaired) electrons. The van der Waals surface area contributed by atoms with Crippen LogP contribution in [0.1, 0.15) is 29.2 Å². The van der Waals surface area contributed by atoms with Gasteiger partial charge >= 0.3 is 5.97 Å². The van der Waals surface area contributed by atoms with E-state index in [9.17, 15) is 18.0 Å². The molecule has 1 unspecified atom stereocenters. The Labute approximate surface area is 132 Å². The summed E-state index contributed by atoms with van der Waals surface area (Å²) >= 11 is 6.10. The van der Waals surface area contributed by atoms with Crippen LogP contribution in [0.15, 0.2) is 18.2 Å². The van der Waals surface area contributed by atoms with E-state index in [-0.39, 0.29) is 6.42 Å². The molecule has 6 nitrogen and oxygen atoms in total. The molecule has 0 amide bonds. The highest BCUT2D eigenvalue weighted by Gasteiger charge is 2.24. The molecule has 0 heterocycles. The minimum Gasteiger partial charge on any atom is -0.481 e. The molecule has 2 rings (SSSR count). The second-order valence-corrected chi connectivity index (χ2v) is 7.23. The third kappa shape index (κ3) is 3.94. The minimum absolute atomic E-state index is 0.107. The number of hydrogen-bond acceptors (Lipinski definition) is 4. The van der Waals surface area contributed by atoms with Gasteiger partial charge in [-0.15, -0.1) is 0 Å². The van der Waals surface area contributed by atoms with Crippen molar-refractivity contribution in [3.8, 4) is 0 Å². The molecule has 0 fully saturated rings. The van der Waals surface area contributed by atoms with E-state index in [0.717, 1.165) is 6.26 Å². The van der Waals surface area contributed by atoms with Crippen LogP contribution in [0, 0.1) is 0 Å². The Bertz CT molecular complexity index is 770. The van der Waals surface area contributed by atoms with E-state index in [4.69, 9.17) is 16.7 Å². The third-order valence-corrected chi connectivity index (χ3v) is 4.22. The SMILES string of the molecule is CS(=O)(=O)NC1C=Cc2c1ccc(Cl)c2CC(=O)CC(=O)O. The quantitative estimate of drug-likeness (QED) is 0.763. The molecule has 1 atom stereocenters. The first-order chi connectivity index (χ1) is 10.2. The number of halogens is 1. The summed E-state index contributed by atoms with van der Waals surface area (Å²) in [5, 5.41) is 9.00. The summed E-state index contributed by atoms with van der Waals surface area (Å²) in [5.41, 5.74) is 1.86. The lowest BCUT2D eigenvalue weighted by molar-refractivity contribution is -0.140. The molecule has 0 aromatic heterocycles. The van der Waals surface area contributed by atoms with Gasteiger partial charge in [-0.25, -0.2) is 13.1 Å². The van der Waals surface area contributed by atoms with Gasteiger partial charge in [0.25, 0.3) is 0 Å². The van der Waals surface area contributed by atoms with Crippen LogP contribution in [0.5, 0.6) is 0 Å². The summed E-state index contributed by atoms with van der Waals surface area (Å²) in [6.07, 6.45) is 3.73. The predicted molar refractivity (Wildman–Crippen MR) is 82.2 cm³/mol. The first kappa shape index (κ1) is 16.7. The molecule has 0 aliphatic heterocycles. The zero-order valence-electron chi connectivity index (χ0n) is 11.7. The first-order valence-corrected chi connectivity index (χ1v) is 8.64. The number of hydrogen-bond donors (Lipinski definition) is 2. The summed E-state index contributed by atoms with van der Waals surface area (Å²) in [6, 6.07) is 2.75. The second kappa shape index (κ2) is 6.20. The monoisotopic (exact) mass is 343 g/mol. The van der Waals surface area contributed by atoms with Gasteiger partial charge < -0.3 is 5.11 Å². The van der Waals surface area contributed by atoms with Crippen molar-refractivity contribution >= 4 is 39.5 Å². The molecule has 22 heavy (non-hydrogen) atoms. The van der Waals surface area contributed by atoms with E-state index in [0.29, 0.717) is 21.7 Å². The van der Waals surface area contributed by atoms with Gasteiger partial charge in [0, 0.05) is 11.4 Å². The van der Waals surface area contributed by atoms with Gasteiger partial charge in [0.1, 0.15) is 12.2 Å². The van der Waals surface area contributed by atoms with Gasteiger partial charge in [-0.05, 0) is 22.8 Å². The lowest BCUT2D eigenvalue weighted by Crippen LogP contribution is -2.25. The number of carboxylic acid groups (broad SMARTS) is 1. The van der Waals surface area contributed by atoms with Crippen LogP contribution < -0.4 is 4.72 Å². The maximum atomic E-state index is 11.7. The Morgan fingerprint density at radius 2 is 2.05 bits per heavy atom. The molecule has 118 valence electrons. The maximum Gasteiger partial charge on any atom is 0.310 e. The molecule has 0 spiro atoms. The summed E-state index contributed by atoms with van der Waals surface area (Å²) in [6.45, 7) is 0. The van der Waals surface area contributed by atoms with E-state index in [2.05, 4.69) is 4.72 Å². The summed E-state index contributed by atoms with van der Waals surface area (Å²) in [4.78, 5) is 22.3. The Hall–Kier alpha value is -1.70. The van der Waals surface area contributed by atoms with Gasteiger partial charge in [0.05, 0.1) is 12.3 Å². The number of carboxylic acids is 1. The lowest BCUT2D eigenvalue weighted by Gasteiger charge is -2.14. The number of aliphatic carboxylic acids is 1. The number of carbonyl (C=O) groups is 2. The smallest absolute Gasteiger partial charge is 0.310 e. The first-order valence-electron chi connectivity index (χ1n) is 6.37. The number of fused-ring (bicyclic) bond motifs is 1. The number of ketones is 1. The number of benzene rings is 1. The van der Waals surface area contributed by atoms with Gasteiger partial charge in [0.2, 0.25) is 10.0 Å². The second-order valence-electron chi connectivity index (χ2n) is 5.04. The Morgan fingerprint density at radius 1 is 1.36 bits per heavy atom. The van der Waals surface area contributed by atoms with Crippen LogP contribution in [0.25, 0.3) is 6.08 Å². The molecule has 1 aromatic rings. The van der Waals surface area contributed by atoms with Gasteiger partial charge in [0.15, 0.2) is 0 Å². The van der Waals surface area contributed by atoms with Crippen LogP contribution in [-0.2, 0) is 26.0 Å². The molecule has 1 aliphatic carbocycles. The van der Waals surface area contributed by atoms with E-state index < -0.39 is 34.2 Å². The maximum absolute atomic E-state index is 11.7. The highest BCUT2D eigenvalue weighted by molar-refractivity contribution is 7.88. The van der Waals surface area contributed by atoms with Crippen LogP contribution in [0.3, 0.4) is 0 Å². The van der Waals surface area contributed by atoms with Crippen molar-refractivity contribution in [1.82, 2.24) is 4.72 Å². The van der Waals surface area contributed by atoms with E-state index in [1.54, 1.807) is 24.3 Å². The molecule has 8 heteroatoms. The Morgan fingerprint density at radius 3 is 2.64 bits per heavy atom. The van der Waals surface area contributed by atoms with Crippen molar-refractivity contribution in [3.63, 3.8) is 0 Å². The fourth-order valence-corrected chi connectivity index (χ4v) is 3.26. The Balaban J connectivity index is 2.33. The van der Waals surface area contributed by atoms with Crippen molar-refractivity contribution in [2.24, 2.45) is 0 Å². The number of rotatable bonds is 6. The zero-order valence-corrected chi connectivity index (χ0v) is 13.2. The summed E-state index contributed by atoms with van der Waals surface area (Å²) in [7, 11) is -3.39. The van der Waals surface area contributed by atoms with Crippen molar-refractivity contribution in [2.45, 2.75) is 18.9 Å². The largest absolute Gasteiger partial charge is 0.481 e. The number of Topliss-reactive ketones (excluding diaryl/α,β-unsaturated/α-hetero) is 1. The topological polar surface area (TPSA) is 101 Å². The fraction of sp³-hybridized carbons (Fsp3) is 0.286. The molecule has 1 aromatic carbocycles. The van der Waals surface area contributed by atoms with Crippen molar-refractivity contribution < 1.29 is 23.1 Å². The Kier molecular flexibility index (Phi) is 4.69. The highest BCUT2D eigenvalue weighted by atomic mass is 35.5. The van der Waals surface area contributed by atoms with Gasteiger partial charge in [-0.2, -0.15) is 0 Å². The average Bonchev–Trinajstić information content (AvgIpc) is 2.73. The average molecular weight is 344 g/mol. The summed E-state index contributed by atoms with van der Waals surface area (Å²) < 4.78 is 25.2. The minimum atomic E-state index is -3.39. The van der Waals surface area contributed by atoms with E-state index in [1.807, 2.05) is 0 Å². The van der Waals surface area contributed by atoms with Crippen molar-refractivity contribution in [3.05, 3.63) is 39.9 Å². The van der Waals surface area contributed by atoms with Crippen molar-refractivity contribution in [2.75, 3.05) is 6.26 Å². The van der Waals surface area contributed by atoms with Crippen molar-refractivity contribution in [1.29, 1.82) is 0 Å². The van der Waals surface area contributed by atoms with Crippen LogP contribution in [0.4, 0.5) is 0 Å². The van der Waals surface area contributed by atoms with Crippen LogP contribution >= 0.6 is 11.6 Å². The predicted octanol–water partition coefficient (Wildman–Crippen LogP) is 1.54. The van der Waals surface area contributed by atoms with Crippen LogP contribution in [0.2, 0.25) is 5.02 Å². The standard InChI is InChI=1S/C14H14ClNO5S/c1-22(20,21)16-13-5-3-9-10(13)2-4-12(15)11(9)6-8(17)7-14(18)19/h2-5,13,16H,6-7H2,1H3,(H,18,19). The zero-order chi connectivity index (χ0) is 16.5. The number of carbonyl (C=O) groups excluding carboxylic acids is 1. The highest BCUT2D eigenvalue weighted by Crippen LogP contribution is 2.35.